The Bertz CT molecular complexity index is 1140. The molecule has 1 aromatic heterocycles. The average Bonchev–Trinajstić information content (AvgIpc) is 3.33. The van der Waals surface area contributed by atoms with Crippen molar-refractivity contribution in [1.82, 2.24) is 9.55 Å². The van der Waals surface area contributed by atoms with Crippen molar-refractivity contribution >= 4 is 0 Å². The van der Waals surface area contributed by atoms with Crippen LogP contribution < -0.4 is 23.7 Å². The Morgan fingerprint density at radius 3 is 1.64 bits per heavy atom. The minimum absolute atomic E-state index is 0.533. The lowest BCUT2D eigenvalue weighted by Gasteiger charge is -2.16. The molecule has 7 heteroatoms. The van der Waals surface area contributed by atoms with Crippen molar-refractivity contribution in [1.29, 1.82) is 0 Å². The second kappa shape index (κ2) is 9.56. The normalized spacial score (nSPS) is 10.6. The van der Waals surface area contributed by atoms with Crippen LogP contribution in [0.25, 0.3) is 28.2 Å². The van der Waals surface area contributed by atoms with Crippen molar-refractivity contribution < 1.29 is 23.7 Å². The van der Waals surface area contributed by atoms with Gasteiger partial charge >= 0.3 is 0 Å². The van der Waals surface area contributed by atoms with Crippen LogP contribution in [0.2, 0.25) is 0 Å². The second-order valence-corrected chi connectivity index (χ2v) is 7.15. The van der Waals surface area contributed by atoms with Crippen LogP contribution >= 0.6 is 0 Å². The highest BCUT2D eigenvalue weighted by molar-refractivity contribution is 5.82. The minimum atomic E-state index is 0.533. The number of hydrogen-bond donors (Lipinski definition) is 0. The third kappa shape index (κ3) is 4.17. The molecule has 3 aromatic carbocycles. The van der Waals surface area contributed by atoms with Gasteiger partial charge in [0.25, 0.3) is 0 Å². The number of nitrogens with zero attached hydrogens (tertiary/aromatic N) is 2. The van der Waals surface area contributed by atoms with Crippen LogP contribution in [-0.4, -0.2) is 45.1 Å². The maximum absolute atomic E-state index is 5.60. The molecule has 4 rings (SSSR count). The van der Waals surface area contributed by atoms with Gasteiger partial charge in [0.15, 0.2) is 11.5 Å². The van der Waals surface area contributed by atoms with Gasteiger partial charge in [-0.1, -0.05) is 0 Å². The van der Waals surface area contributed by atoms with Gasteiger partial charge in [0.1, 0.15) is 17.8 Å². The lowest BCUT2D eigenvalue weighted by atomic mass is 10.0. The third-order valence-electron chi connectivity index (χ3n) is 5.42. The van der Waals surface area contributed by atoms with Crippen LogP contribution in [0.1, 0.15) is 0 Å². The van der Waals surface area contributed by atoms with Crippen molar-refractivity contribution in [3.05, 3.63) is 67.0 Å². The smallest absolute Gasteiger partial charge is 0.203 e. The van der Waals surface area contributed by atoms with Crippen LogP contribution in [0.15, 0.2) is 67.0 Å². The Hall–Kier alpha value is -4.13. The maximum atomic E-state index is 5.60. The molecule has 0 amide bonds. The molecule has 0 aliphatic rings. The van der Waals surface area contributed by atoms with Gasteiger partial charge in [0.05, 0.1) is 46.9 Å². The molecular weight excluding hydrogens is 420 g/mol. The Kier molecular flexibility index (Phi) is 6.40. The van der Waals surface area contributed by atoms with Crippen molar-refractivity contribution in [2.75, 3.05) is 35.5 Å². The zero-order chi connectivity index (χ0) is 23.4. The van der Waals surface area contributed by atoms with Gasteiger partial charge in [0, 0.05) is 16.8 Å². The Balaban J connectivity index is 1.96. The van der Waals surface area contributed by atoms with E-state index in [1.807, 2.05) is 65.2 Å². The Labute approximate surface area is 193 Å². The summed E-state index contributed by atoms with van der Waals surface area (Å²) in [5.74, 6) is 3.22. The Morgan fingerprint density at radius 2 is 1.15 bits per heavy atom. The maximum Gasteiger partial charge on any atom is 0.203 e. The van der Waals surface area contributed by atoms with E-state index in [1.165, 1.54) is 0 Å². The van der Waals surface area contributed by atoms with E-state index in [0.29, 0.717) is 17.2 Å². The Morgan fingerprint density at radius 1 is 0.606 bits per heavy atom. The van der Waals surface area contributed by atoms with E-state index in [4.69, 9.17) is 28.7 Å². The summed E-state index contributed by atoms with van der Waals surface area (Å²) in [7, 11) is 8.09. The van der Waals surface area contributed by atoms with Crippen molar-refractivity contribution in [3.8, 4) is 56.9 Å². The van der Waals surface area contributed by atoms with Gasteiger partial charge in [-0.15, -0.1) is 0 Å². The number of methoxy groups -OCH3 is 5. The SMILES string of the molecule is COc1ccc(-c2ncn(-c3ccc(OC)cc3)c2-c2cc(OC)c(OC)c(OC)c2)cc1. The van der Waals surface area contributed by atoms with Crippen molar-refractivity contribution in [3.63, 3.8) is 0 Å². The molecule has 0 atom stereocenters. The fourth-order valence-electron chi connectivity index (χ4n) is 3.74. The lowest BCUT2D eigenvalue weighted by molar-refractivity contribution is 0.324. The van der Waals surface area contributed by atoms with Gasteiger partial charge < -0.3 is 23.7 Å². The summed E-state index contributed by atoms with van der Waals surface area (Å²) < 4.78 is 29.4. The third-order valence-corrected chi connectivity index (χ3v) is 5.42. The van der Waals surface area contributed by atoms with Crippen LogP contribution in [-0.2, 0) is 0 Å². The fourth-order valence-corrected chi connectivity index (χ4v) is 3.74. The molecule has 0 saturated carbocycles. The number of ether oxygens (including phenoxy) is 5. The summed E-state index contributed by atoms with van der Waals surface area (Å²) in [4.78, 5) is 4.77. The van der Waals surface area contributed by atoms with E-state index in [0.717, 1.165) is 39.7 Å². The summed E-state index contributed by atoms with van der Waals surface area (Å²) in [5, 5.41) is 0. The summed E-state index contributed by atoms with van der Waals surface area (Å²) in [6.45, 7) is 0. The van der Waals surface area contributed by atoms with Gasteiger partial charge in [-0.05, 0) is 60.7 Å². The molecule has 0 radical (unpaired) electrons. The number of imidazole rings is 1. The van der Waals surface area contributed by atoms with E-state index in [2.05, 4.69) is 0 Å². The molecule has 0 aliphatic heterocycles. The van der Waals surface area contributed by atoms with E-state index >= 15 is 0 Å². The second-order valence-electron chi connectivity index (χ2n) is 7.15. The topological polar surface area (TPSA) is 64.0 Å². The fraction of sp³-hybridized carbons (Fsp3) is 0.192. The monoisotopic (exact) mass is 446 g/mol. The van der Waals surface area contributed by atoms with Crippen LogP contribution in [0, 0.1) is 0 Å². The highest BCUT2D eigenvalue weighted by Gasteiger charge is 2.21. The van der Waals surface area contributed by atoms with Crippen LogP contribution in [0.3, 0.4) is 0 Å². The number of benzene rings is 3. The first kappa shape index (κ1) is 22.1. The lowest BCUT2D eigenvalue weighted by Crippen LogP contribution is -2.00. The highest BCUT2D eigenvalue weighted by atomic mass is 16.5. The van der Waals surface area contributed by atoms with E-state index in [-0.39, 0.29) is 0 Å². The van der Waals surface area contributed by atoms with Crippen molar-refractivity contribution in [2.45, 2.75) is 0 Å². The quantitative estimate of drug-likeness (QED) is 0.368. The van der Waals surface area contributed by atoms with Crippen LogP contribution in [0.5, 0.6) is 28.7 Å². The number of aromatic nitrogens is 2. The summed E-state index contributed by atoms with van der Waals surface area (Å²) in [5.41, 5.74) is 4.44. The zero-order valence-electron chi connectivity index (χ0n) is 19.3. The molecule has 0 unspecified atom stereocenters. The molecule has 170 valence electrons. The average molecular weight is 447 g/mol. The molecular formula is C26H26N2O5. The summed E-state index contributed by atoms with van der Waals surface area (Å²) in [6, 6.07) is 19.5. The van der Waals surface area contributed by atoms with Gasteiger partial charge in [-0.3, -0.25) is 4.57 Å². The molecule has 7 nitrogen and oxygen atoms in total. The summed E-state index contributed by atoms with van der Waals surface area (Å²) >= 11 is 0. The molecule has 4 aromatic rings. The molecule has 0 aliphatic carbocycles. The zero-order valence-corrected chi connectivity index (χ0v) is 19.3. The van der Waals surface area contributed by atoms with Crippen LogP contribution in [0.4, 0.5) is 0 Å². The van der Waals surface area contributed by atoms with E-state index < -0.39 is 0 Å². The largest absolute Gasteiger partial charge is 0.497 e. The number of rotatable bonds is 8. The molecule has 33 heavy (non-hydrogen) atoms. The molecule has 0 bridgehead atoms. The van der Waals surface area contributed by atoms with Gasteiger partial charge in [0.2, 0.25) is 5.75 Å². The standard InChI is InChI=1S/C26H26N2O5/c1-29-20-10-6-17(7-11-20)24-25(18-14-22(31-3)26(33-5)23(15-18)32-4)28(16-27-24)19-8-12-21(30-2)13-9-19/h6-16H,1-5H3. The van der Waals surface area contributed by atoms with Gasteiger partial charge in [-0.25, -0.2) is 4.98 Å². The number of hydrogen-bond acceptors (Lipinski definition) is 6. The molecule has 0 saturated heterocycles. The van der Waals surface area contributed by atoms with E-state index in [1.54, 1.807) is 41.9 Å². The van der Waals surface area contributed by atoms with E-state index in [9.17, 15) is 0 Å². The minimum Gasteiger partial charge on any atom is -0.497 e. The first-order valence-electron chi connectivity index (χ1n) is 10.3. The highest BCUT2D eigenvalue weighted by Crippen LogP contribution is 2.43. The molecule has 1 heterocycles. The first-order valence-corrected chi connectivity index (χ1v) is 10.3. The van der Waals surface area contributed by atoms with Crippen molar-refractivity contribution in [2.24, 2.45) is 0 Å². The first-order chi connectivity index (χ1) is 16.1. The predicted molar refractivity (Wildman–Crippen MR) is 127 cm³/mol. The van der Waals surface area contributed by atoms with Gasteiger partial charge in [-0.2, -0.15) is 0 Å². The summed E-state index contributed by atoms with van der Waals surface area (Å²) in [6.07, 6.45) is 1.81. The molecule has 0 N–H and O–H groups in total. The molecule has 0 fully saturated rings. The predicted octanol–water partition coefficient (Wildman–Crippen LogP) is 5.25. The molecule has 0 spiro atoms.